The summed E-state index contributed by atoms with van der Waals surface area (Å²) in [7, 11) is 1.61. The molecule has 0 aliphatic rings. The molecule has 1 heterocycles. The Kier molecular flexibility index (Phi) is 4.64. The Labute approximate surface area is 125 Å². The van der Waals surface area contributed by atoms with Crippen LogP contribution in [0.1, 0.15) is 15.9 Å². The monoisotopic (exact) mass is 312 g/mol. The van der Waals surface area contributed by atoms with Crippen molar-refractivity contribution in [3.63, 3.8) is 0 Å². The van der Waals surface area contributed by atoms with Crippen molar-refractivity contribution in [3.8, 4) is 5.75 Å². The summed E-state index contributed by atoms with van der Waals surface area (Å²) in [6, 6.07) is 8.97. The number of allylic oxidation sites excluding steroid dienone is 1. The first-order valence-corrected chi connectivity index (χ1v) is 6.98. The first kappa shape index (κ1) is 14.1. The number of benzene rings is 1. The highest BCUT2D eigenvalue weighted by Crippen LogP contribution is 2.31. The molecule has 19 heavy (non-hydrogen) atoms. The zero-order valence-corrected chi connectivity index (χ0v) is 12.4. The summed E-state index contributed by atoms with van der Waals surface area (Å²) in [6.45, 7) is 0. The summed E-state index contributed by atoms with van der Waals surface area (Å²) in [4.78, 5) is 11.9. The highest BCUT2D eigenvalue weighted by molar-refractivity contribution is 7.20. The summed E-state index contributed by atoms with van der Waals surface area (Å²) >= 11 is 12.9. The van der Waals surface area contributed by atoms with Gasteiger partial charge in [0.05, 0.1) is 17.0 Å². The molecule has 5 heteroatoms. The van der Waals surface area contributed by atoms with Crippen molar-refractivity contribution in [2.75, 3.05) is 7.11 Å². The van der Waals surface area contributed by atoms with Crippen molar-refractivity contribution in [1.29, 1.82) is 0 Å². The molecule has 0 unspecified atom stereocenters. The van der Waals surface area contributed by atoms with Gasteiger partial charge in [0, 0.05) is 0 Å². The fourth-order valence-electron chi connectivity index (χ4n) is 1.48. The maximum atomic E-state index is 11.9. The molecule has 0 saturated carbocycles. The molecule has 1 aromatic carbocycles. The van der Waals surface area contributed by atoms with E-state index in [1.54, 1.807) is 19.3 Å². The Morgan fingerprint density at radius 3 is 2.47 bits per heavy atom. The van der Waals surface area contributed by atoms with E-state index < -0.39 is 0 Å². The van der Waals surface area contributed by atoms with Crippen molar-refractivity contribution < 1.29 is 9.53 Å². The Bertz CT molecular complexity index is 615. The van der Waals surface area contributed by atoms with Gasteiger partial charge in [-0.2, -0.15) is 0 Å². The van der Waals surface area contributed by atoms with Crippen molar-refractivity contribution in [3.05, 3.63) is 56.2 Å². The number of thiophene rings is 1. The van der Waals surface area contributed by atoms with Crippen LogP contribution in [0.15, 0.2) is 36.4 Å². The highest BCUT2D eigenvalue weighted by Gasteiger charge is 2.11. The topological polar surface area (TPSA) is 26.3 Å². The molecule has 0 radical (unpaired) electrons. The number of ether oxygens (including phenoxy) is 1. The molecule has 1 aromatic heterocycles. The minimum absolute atomic E-state index is 0.163. The van der Waals surface area contributed by atoms with Gasteiger partial charge < -0.3 is 4.74 Å². The molecule has 98 valence electrons. The number of halogens is 2. The first-order valence-electron chi connectivity index (χ1n) is 5.41. The molecule has 2 nitrogen and oxygen atoms in total. The van der Waals surface area contributed by atoms with E-state index >= 15 is 0 Å². The number of methoxy groups -OCH3 is 1. The van der Waals surface area contributed by atoms with Gasteiger partial charge in [-0.3, -0.25) is 4.79 Å². The van der Waals surface area contributed by atoms with E-state index in [1.807, 2.05) is 24.3 Å². The molecule has 0 N–H and O–H groups in total. The van der Waals surface area contributed by atoms with Gasteiger partial charge in [0.1, 0.15) is 10.1 Å². The van der Waals surface area contributed by atoms with Crippen molar-refractivity contribution in [1.82, 2.24) is 0 Å². The lowest BCUT2D eigenvalue weighted by atomic mass is 10.1. The Morgan fingerprint density at radius 2 is 1.95 bits per heavy atom. The predicted octanol–water partition coefficient (Wildman–Crippen LogP) is 4.96. The summed E-state index contributed by atoms with van der Waals surface area (Å²) in [5, 5.41) is 0. The normalized spacial score (nSPS) is 10.9. The van der Waals surface area contributed by atoms with Crippen LogP contribution < -0.4 is 4.74 Å². The summed E-state index contributed by atoms with van der Waals surface area (Å²) in [6.07, 6.45) is 3.20. The van der Waals surface area contributed by atoms with Crippen LogP contribution in [-0.2, 0) is 0 Å². The lowest BCUT2D eigenvalue weighted by Crippen LogP contribution is -1.91. The summed E-state index contributed by atoms with van der Waals surface area (Å²) in [5.74, 6) is 0.611. The van der Waals surface area contributed by atoms with E-state index in [4.69, 9.17) is 27.9 Å². The van der Waals surface area contributed by atoms with Crippen LogP contribution in [0.5, 0.6) is 5.75 Å². The third kappa shape index (κ3) is 3.60. The number of carbonyl (C=O) groups is 1. The summed E-state index contributed by atoms with van der Waals surface area (Å²) in [5.41, 5.74) is 1.34. The van der Waals surface area contributed by atoms with E-state index in [2.05, 4.69) is 0 Å². The van der Waals surface area contributed by atoms with Gasteiger partial charge in [0.2, 0.25) is 0 Å². The van der Waals surface area contributed by atoms with E-state index in [0.717, 1.165) is 11.3 Å². The lowest BCUT2D eigenvalue weighted by Gasteiger charge is -1.98. The van der Waals surface area contributed by atoms with Crippen molar-refractivity contribution in [2.24, 2.45) is 0 Å². The average Bonchev–Trinajstić information content (AvgIpc) is 2.75. The number of hydrogen-bond acceptors (Lipinski definition) is 3. The fraction of sp³-hybridized carbons (Fsp3) is 0.0714. The smallest absolute Gasteiger partial charge is 0.188 e. The number of rotatable bonds is 4. The molecule has 0 amide bonds. The maximum Gasteiger partial charge on any atom is 0.188 e. The van der Waals surface area contributed by atoms with Crippen LogP contribution in [-0.4, -0.2) is 12.9 Å². The molecule has 2 rings (SSSR count). The van der Waals surface area contributed by atoms with Gasteiger partial charge in [0.25, 0.3) is 0 Å². The molecule has 2 aromatic rings. The minimum atomic E-state index is -0.163. The van der Waals surface area contributed by atoms with Gasteiger partial charge in [0.15, 0.2) is 5.78 Å². The standard InChI is InChI=1S/C14H10Cl2O2S/c1-18-10-5-2-9(3-6-10)4-7-12(17)11-8-13(15)19-14(11)16/h2-8H,1H3/b7-4+. The minimum Gasteiger partial charge on any atom is -0.497 e. The van der Waals surface area contributed by atoms with Gasteiger partial charge >= 0.3 is 0 Å². The van der Waals surface area contributed by atoms with E-state index in [9.17, 15) is 4.79 Å². The molecule has 0 spiro atoms. The van der Waals surface area contributed by atoms with Crippen LogP contribution in [0, 0.1) is 0 Å². The Hall–Kier alpha value is -1.29. The van der Waals surface area contributed by atoms with Crippen molar-refractivity contribution in [2.45, 2.75) is 0 Å². The van der Waals surface area contributed by atoms with Crippen LogP contribution in [0.2, 0.25) is 8.67 Å². The molecule has 0 saturated heterocycles. The second-order valence-corrected chi connectivity index (χ2v) is 5.99. The average molecular weight is 313 g/mol. The highest BCUT2D eigenvalue weighted by atomic mass is 35.5. The van der Waals surface area contributed by atoms with E-state index in [0.29, 0.717) is 14.2 Å². The van der Waals surface area contributed by atoms with Crippen molar-refractivity contribution >= 4 is 46.4 Å². The van der Waals surface area contributed by atoms with E-state index in [-0.39, 0.29) is 5.78 Å². The third-order valence-electron chi connectivity index (χ3n) is 2.47. The fourth-order valence-corrected chi connectivity index (χ4v) is 2.96. The molecule has 0 fully saturated rings. The number of carbonyl (C=O) groups excluding carboxylic acids is 1. The maximum absolute atomic E-state index is 11.9. The van der Waals surface area contributed by atoms with E-state index in [1.165, 1.54) is 17.4 Å². The van der Waals surface area contributed by atoms with Gasteiger partial charge in [-0.1, -0.05) is 41.4 Å². The number of hydrogen-bond donors (Lipinski definition) is 0. The second kappa shape index (κ2) is 6.24. The Morgan fingerprint density at radius 1 is 1.26 bits per heavy atom. The number of ketones is 1. The molecule has 0 bridgehead atoms. The van der Waals surface area contributed by atoms with Crippen LogP contribution >= 0.6 is 34.5 Å². The largest absolute Gasteiger partial charge is 0.497 e. The molecular weight excluding hydrogens is 303 g/mol. The molecule has 0 atom stereocenters. The quantitative estimate of drug-likeness (QED) is 0.589. The van der Waals surface area contributed by atoms with Crippen LogP contribution in [0.4, 0.5) is 0 Å². The zero-order chi connectivity index (χ0) is 13.8. The molecular formula is C14H10Cl2O2S. The molecule has 0 aliphatic carbocycles. The van der Waals surface area contributed by atoms with Gasteiger partial charge in [-0.05, 0) is 29.8 Å². The second-order valence-electron chi connectivity index (χ2n) is 3.71. The van der Waals surface area contributed by atoms with Crippen LogP contribution in [0.3, 0.4) is 0 Å². The van der Waals surface area contributed by atoms with Crippen LogP contribution in [0.25, 0.3) is 6.08 Å². The van der Waals surface area contributed by atoms with Gasteiger partial charge in [-0.15, -0.1) is 11.3 Å². The van der Waals surface area contributed by atoms with Gasteiger partial charge in [-0.25, -0.2) is 0 Å². The lowest BCUT2D eigenvalue weighted by molar-refractivity contribution is 0.104. The summed E-state index contributed by atoms with van der Waals surface area (Å²) < 4.78 is 5.98. The first-order chi connectivity index (χ1) is 9.10. The zero-order valence-electron chi connectivity index (χ0n) is 10.0. The molecule has 0 aliphatic heterocycles. The third-order valence-corrected chi connectivity index (χ3v) is 3.95. The predicted molar refractivity (Wildman–Crippen MR) is 80.7 cm³/mol. The Balaban J connectivity index is 2.13. The SMILES string of the molecule is COc1ccc(/C=C/C(=O)c2cc(Cl)sc2Cl)cc1.